The minimum atomic E-state index is -1.14. The number of carbonyl (C=O) groups excluding carboxylic acids is 3. The predicted molar refractivity (Wildman–Crippen MR) is 173 cm³/mol. The molecule has 0 aromatic carbocycles. The summed E-state index contributed by atoms with van der Waals surface area (Å²) in [7, 11) is 2.67. The number of fused-ring (bicyclic) bond motifs is 8. The van der Waals surface area contributed by atoms with Crippen molar-refractivity contribution in [2.75, 3.05) is 14.2 Å². The van der Waals surface area contributed by atoms with Crippen LogP contribution in [0, 0.1) is 31.6 Å². The Morgan fingerprint density at radius 3 is 2.30 bits per heavy atom. The van der Waals surface area contributed by atoms with Crippen molar-refractivity contribution in [3.05, 3.63) is 72.0 Å². The molecule has 0 spiro atoms. The Hall–Kier alpha value is -3.43. The zero-order valence-electron chi connectivity index (χ0n) is 27.3. The number of ether oxygens (including phenoxy) is 2. The van der Waals surface area contributed by atoms with E-state index in [-0.39, 0.29) is 65.2 Å². The van der Waals surface area contributed by atoms with Gasteiger partial charge < -0.3 is 30.1 Å². The normalized spacial score (nSPS) is 30.1. The van der Waals surface area contributed by atoms with Crippen molar-refractivity contribution in [2.45, 2.75) is 78.0 Å². The molecule has 0 saturated carbocycles. The number of rotatable bonds is 6. The van der Waals surface area contributed by atoms with E-state index in [9.17, 15) is 14.4 Å². The molecule has 0 N–H and O–H groups in total. The zero-order valence-corrected chi connectivity index (χ0v) is 28.3. The van der Waals surface area contributed by atoms with Gasteiger partial charge in [-0.15, -0.1) is 51.7 Å². The molecule has 9 nitrogen and oxygen atoms in total. The van der Waals surface area contributed by atoms with Gasteiger partial charge >= 0.3 is 11.9 Å². The van der Waals surface area contributed by atoms with Gasteiger partial charge in [0.25, 0.3) is 0 Å². The molecule has 10 heteroatoms. The summed E-state index contributed by atoms with van der Waals surface area (Å²) in [5.41, 5.74) is 6.11. The van der Waals surface area contributed by atoms with E-state index in [1.54, 1.807) is 0 Å². The van der Waals surface area contributed by atoms with Crippen LogP contribution in [-0.4, -0.2) is 56.1 Å². The van der Waals surface area contributed by atoms with Crippen LogP contribution in [0.4, 0.5) is 0 Å². The van der Waals surface area contributed by atoms with Crippen LogP contribution in [-0.2, 0) is 36.1 Å². The summed E-state index contributed by atoms with van der Waals surface area (Å²) in [5.74, 6) is -2.58. The summed E-state index contributed by atoms with van der Waals surface area (Å²) < 4.78 is 10.2. The fraction of sp³-hybridized carbons (Fsp3) is 0.472. The average molecular weight is 672 g/mol. The topological polar surface area (TPSA) is 126 Å². The molecule has 1 saturated heterocycles. The number of ketones is 1. The van der Waals surface area contributed by atoms with Crippen LogP contribution in [0.2, 0.25) is 0 Å². The van der Waals surface area contributed by atoms with E-state index in [0.29, 0.717) is 28.3 Å². The first-order valence-electron chi connectivity index (χ1n) is 15.7. The molecule has 1 radical (unpaired) electrons. The molecule has 5 heterocycles. The van der Waals surface area contributed by atoms with Crippen molar-refractivity contribution in [1.29, 1.82) is 0 Å². The SMILES string of the molecule is C=Cc1c(C)/c2[n-]/c1=C\C1[N-]C(/C=c3\[n-]c4c(c3C)C(=O)C(C(=O)OC)C=4C3[N-]C(\C=2)C(C)C3CCC(=O)OC)C(CC)=C1C.[Cu]. The van der Waals surface area contributed by atoms with Crippen molar-refractivity contribution >= 4 is 47.6 Å². The van der Waals surface area contributed by atoms with E-state index >= 15 is 0 Å². The Balaban J connectivity index is 0.00000417. The van der Waals surface area contributed by atoms with Crippen LogP contribution in [0.15, 0.2) is 17.7 Å². The van der Waals surface area contributed by atoms with Crippen LogP contribution in [0.5, 0.6) is 0 Å². The van der Waals surface area contributed by atoms with E-state index in [4.69, 9.17) is 30.1 Å². The Kier molecular flexibility index (Phi) is 9.58. The van der Waals surface area contributed by atoms with Gasteiger partial charge in [-0.25, -0.2) is 0 Å². The van der Waals surface area contributed by atoms with Crippen molar-refractivity contribution in [3.8, 4) is 0 Å². The summed E-state index contributed by atoms with van der Waals surface area (Å²) >= 11 is 0. The number of nitrogens with zero attached hydrogens (tertiary/aromatic N) is 4. The third-order valence-electron chi connectivity index (χ3n) is 10.4. The number of esters is 2. The first kappa shape index (κ1) is 33.9. The maximum atomic E-state index is 14.1. The number of carbonyl (C=O) groups is 3. The average Bonchev–Trinajstić information content (AvgIpc) is 3.76. The Morgan fingerprint density at radius 1 is 0.957 bits per heavy atom. The van der Waals surface area contributed by atoms with Crippen LogP contribution in [0.3, 0.4) is 0 Å². The van der Waals surface area contributed by atoms with Crippen LogP contribution in [0.25, 0.3) is 40.5 Å². The monoisotopic (exact) mass is 671 g/mol. The molecule has 0 amide bonds. The molecule has 1 aliphatic carbocycles. The molecular weight excluding hydrogens is 632 g/mol. The van der Waals surface area contributed by atoms with Gasteiger partial charge in [-0.05, 0) is 39.2 Å². The summed E-state index contributed by atoms with van der Waals surface area (Å²) in [6, 6.07) is -1.20. The molecule has 7 unspecified atom stereocenters. The fourth-order valence-corrected chi connectivity index (χ4v) is 7.82. The van der Waals surface area contributed by atoms with E-state index in [1.807, 2.05) is 26.0 Å². The van der Waals surface area contributed by atoms with Crippen LogP contribution < -0.4 is 31.4 Å². The predicted octanol–water partition coefficient (Wildman–Crippen LogP) is 2.23. The van der Waals surface area contributed by atoms with E-state index in [2.05, 4.69) is 39.5 Å². The van der Waals surface area contributed by atoms with Crippen molar-refractivity contribution in [1.82, 2.24) is 9.97 Å². The Morgan fingerprint density at radius 2 is 1.65 bits per heavy atom. The smallest absolute Gasteiger partial charge is 0.320 e. The summed E-state index contributed by atoms with van der Waals surface area (Å²) in [5, 5.41) is 13.3. The molecule has 3 aliphatic heterocycles. The second-order valence-electron chi connectivity index (χ2n) is 12.6. The summed E-state index contributed by atoms with van der Waals surface area (Å²) in [6.07, 6.45) is 9.56. The van der Waals surface area contributed by atoms with Crippen molar-refractivity contribution < 1.29 is 40.9 Å². The maximum Gasteiger partial charge on any atom is 0.320 e. The minimum absolute atomic E-state index is 0. The van der Waals surface area contributed by atoms with E-state index in [0.717, 1.165) is 33.8 Å². The van der Waals surface area contributed by atoms with Crippen LogP contribution in [0.1, 0.15) is 67.1 Å². The second-order valence-corrected chi connectivity index (χ2v) is 12.6. The first-order valence-corrected chi connectivity index (χ1v) is 15.7. The fourth-order valence-electron chi connectivity index (χ4n) is 7.82. The largest absolute Gasteiger partial charge is 0.658 e. The van der Waals surface area contributed by atoms with Gasteiger partial charge in [0.05, 0.1) is 14.2 Å². The Bertz CT molecular complexity index is 1900. The summed E-state index contributed by atoms with van der Waals surface area (Å²) in [4.78, 5) is 49.8. The van der Waals surface area contributed by atoms with Gasteiger partial charge in [0, 0.05) is 29.1 Å². The molecule has 1 fully saturated rings. The summed E-state index contributed by atoms with van der Waals surface area (Å²) in [6.45, 7) is 14.4. The number of hydrogen-bond donors (Lipinski definition) is 0. The first-order chi connectivity index (χ1) is 21.5. The minimum Gasteiger partial charge on any atom is -0.658 e. The van der Waals surface area contributed by atoms with Crippen molar-refractivity contribution in [2.24, 2.45) is 17.8 Å². The van der Waals surface area contributed by atoms with Gasteiger partial charge in [-0.1, -0.05) is 78.3 Å². The van der Waals surface area contributed by atoms with Gasteiger partial charge in [0.1, 0.15) is 5.92 Å². The molecule has 2 aromatic heterocycles. The van der Waals surface area contributed by atoms with Gasteiger partial charge in [-0.2, -0.15) is 0 Å². The molecule has 4 aliphatic rings. The van der Waals surface area contributed by atoms with Crippen LogP contribution >= 0.6 is 0 Å². The number of Topliss-reactive ketones (excluding diaryl/α,β-unsaturated/α-hetero) is 1. The van der Waals surface area contributed by atoms with Gasteiger partial charge in [-0.3, -0.25) is 14.4 Å². The van der Waals surface area contributed by atoms with Gasteiger partial charge in [0.2, 0.25) is 0 Å². The Labute approximate surface area is 279 Å². The molecule has 46 heavy (non-hydrogen) atoms. The third kappa shape index (κ3) is 5.29. The second kappa shape index (κ2) is 13.0. The number of hydrogen-bond acceptors (Lipinski definition) is 5. The molecule has 249 valence electrons. The third-order valence-corrected chi connectivity index (χ3v) is 10.4. The molecule has 6 rings (SSSR count). The number of aromatic nitrogens is 2. The molecular formula is C36H40CuN4O5-4. The zero-order chi connectivity index (χ0) is 32.3. The van der Waals surface area contributed by atoms with E-state index < -0.39 is 17.9 Å². The van der Waals surface area contributed by atoms with Crippen molar-refractivity contribution in [3.63, 3.8) is 0 Å². The quantitative estimate of drug-likeness (QED) is 0.200. The molecule has 7 atom stereocenters. The maximum absolute atomic E-state index is 14.1. The molecule has 8 bridgehead atoms. The van der Waals surface area contributed by atoms with E-state index in [1.165, 1.54) is 25.4 Å². The van der Waals surface area contributed by atoms with Gasteiger partial charge in [0.15, 0.2) is 5.78 Å². The standard InChI is InChI=1S/C36H40N4O5.Cu/c1-9-20-16(3)23-13-25-18(5)22(11-12-29(41)44-7)33(39-25)31-32(36(43)45-8)35(42)30-19(6)26(40-34(30)31)15-28-21(10-2)17(4)24(38-28)14-27(20)37-23;/h9,13-15,18,22,24-25,28,32-33H,1,10-12H2,2-8H3;/q-4;/b23-13-,26-15-,27-14-;. The molecule has 2 aromatic rings. The number of methoxy groups -OCH3 is 2.